The molecule has 0 aromatic heterocycles. The molecular weight excluding hydrogens is 232 g/mol. The van der Waals surface area contributed by atoms with E-state index in [1.165, 1.54) is 11.1 Å². The maximum Gasteiger partial charge on any atom is 0.320 e. The molecule has 0 aromatic rings. The third-order valence-corrected chi connectivity index (χ3v) is 3.05. The summed E-state index contributed by atoms with van der Waals surface area (Å²) in [5.74, 6) is -1.71. The van der Waals surface area contributed by atoms with Crippen LogP contribution >= 0.6 is 0 Å². The molecule has 0 unspecified atom stereocenters. The Morgan fingerprint density at radius 2 is 1.61 bits per heavy atom. The Labute approximate surface area is 108 Å². The summed E-state index contributed by atoms with van der Waals surface area (Å²) in [5, 5.41) is 0. The number of hydrogen-bond donors (Lipinski definition) is 0. The zero-order valence-corrected chi connectivity index (χ0v) is 11.5. The topological polar surface area (TPSA) is 52.6 Å². The van der Waals surface area contributed by atoms with Gasteiger partial charge in [-0.25, -0.2) is 0 Å². The molecule has 0 atom stereocenters. The van der Waals surface area contributed by atoms with Gasteiger partial charge in [0, 0.05) is 0 Å². The predicted octanol–water partition coefficient (Wildman–Crippen LogP) is 2.62. The van der Waals surface area contributed by atoms with E-state index in [0.717, 1.165) is 19.3 Å². The van der Waals surface area contributed by atoms with Gasteiger partial charge in [-0.15, -0.1) is 0 Å². The average Bonchev–Trinajstić information content (AvgIpc) is 3.13. The second kappa shape index (κ2) is 7.19. The Balaban J connectivity index is 2.56. The monoisotopic (exact) mass is 254 g/mol. The van der Waals surface area contributed by atoms with Gasteiger partial charge in [0.2, 0.25) is 0 Å². The summed E-state index contributed by atoms with van der Waals surface area (Å²) < 4.78 is 9.85. The minimum Gasteiger partial charge on any atom is -0.465 e. The summed E-state index contributed by atoms with van der Waals surface area (Å²) in [6.45, 7) is 6.11. The van der Waals surface area contributed by atoms with Crippen molar-refractivity contribution < 1.29 is 19.1 Å². The molecule has 1 rings (SSSR count). The van der Waals surface area contributed by atoms with E-state index in [1.807, 2.05) is 0 Å². The maximum atomic E-state index is 11.7. The third-order valence-electron chi connectivity index (χ3n) is 3.05. The number of carbonyl (C=O) groups excluding carboxylic acids is 2. The molecule has 4 heteroatoms. The first-order valence-electron chi connectivity index (χ1n) is 6.60. The molecule has 0 aliphatic heterocycles. The first-order valence-corrected chi connectivity index (χ1v) is 6.60. The Hall–Kier alpha value is -1.32. The lowest BCUT2D eigenvalue weighted by molar-refractivity contribution is -0.161. The molecule has 1 aliphatic rings. The number of ether oxygens (including phenoxy) is 2. The summed E-state index contributed by atoms with van der Waals surface area (Å²) in [7, 11) is 0. The van der Waals surface area contributed by atoms with E-state index < -0.39 is 17.9 Å². The van der Waals surface area contributed by atoms with E-state index >= 15 is 0 Å². The number of allylic oxidation sites excluding steroid dienone is 2. The Morgan fingerprint density at radius 1 is 1.11 bits per heavy atom. The summed E-state index contributed by atoms with van der Waals surface area (Å²) in [5.41, 5.74) is 2.76. The van der Waals surface area contributed by atoms with Gasteiger partial charge >= 0.3 is 11.9 Å². The summed E-state index contributed by atoms with van der Waals surface area (Å²) in [6, 6.07) is 0. The molecule has 4 nitrogen and oxygen atoms in total. The van der Waals surface area contributed by atoms with E-state index in [-0.39, 0.29) is 13.2 Å². The van der Waals surface area contributed by atoms with Crippen molar-refractivity contribution in [2.45, 2.75) is 46.5 Å². The molecule has 1 aliphatic carbocycles. The van der Waals surface area contributed by atoms with Crippen molar-refractivity contribution >= 4 is 11.9 Å². The van der Waals surface area contributed by atoms with Gasteiger partial charge in [0.05, 0.1) is 13.2 Å². The number of carbonyl (C=O) groups is 2. The summed E-state index contributed by atoms with van der Waals surface area (Å²) >= 11 is 0. The highest BCUT2D eigenvalue weighted by Crippen LogP contribution is 2.33. The second-order valence-electron chi connectivity index (χ2n) is 4.48. The van der Waals surface area contributed by atoms with E-state index in [0.29, 0.717) is 6.42 Å². The fraction of sp³-hybridized carbons (Fsp3) is 0.714. The van der Waals surface area contributed by atoms with Gasteiger partial charge in [0.25, 0.3) is 0 Å². The lowest BCUT2D eigenvalue weighted by Gasteiger charge is -2.14. The molecule has 0 radical (unpaired) electrons. The van der Waals surface area contributed by atoms with Crippen LogP contribution in [0.3, 0.4) is 0 Å². The van der Waals surface area contributed by atoms with Gasteiger partial charge in [-0.2, -0.15) is 0 Å². The first-order chi connectivity index (χ1) is 8.60. The molecule has 1 saturated carbocycles. The van der Waals surface area contributed by atoms with Crippen LogP contribution in [0.25, 0.3) is 0 Å². The van der Waals surface area contributed by atoms with Crippen molar-refractivity contribution in [1.82, 2.24) is 0 Å². The Bertz CT molecular complexity index is 320. The SMILES string of the molecule is CCOC(=O)C(CCC(C)=C1CC1)C(=O)OCC. The van der Waals surface area contributed by atoms with Crippen LogP contribution in [0, 0.1) is 5.92 Å². The molecule has 0 amide bonds. The van der Waals surface area contributed by atoms with E-state index in [9.17, 15) is 9.59 Å². The lowest BCUT2D eigenvalue weighted by Crippen LogP contribution is -2.28. The predicted molar refractivity (Wildman–Crippen MR) is 67.9 cm³/mol. The highest BCUT2D eigenvalue weighted by molar-refractivity contribution is 5.94. The smallest absolute Gasteiger partial charge is 0.320 e. The van der Waals surface area contributed by atoms with Gasteiger partial charge in [-0.05, 0) is 46.5 Å². The van der Waals surface area contributed by atoms with Crippen LogP contribution in [0.15, 0.2) is 11.1 Å². The average molecular weight is 254 g/mol. The van der Waals surface area contributed by atoms with Gasteiger partial charge in [0.15, 0.2) is 5.92 Å². The Morgan fingerprint density at radius 3 is 2.00 bits per heavy atom. The van der Waals surface area contributed by atoms with Gasteiger partial charge in [-0.1, -0.05) is 11.1 Å². The zero-order valence-electron chi connectivity index (χ0n) is 11.5. The van der Waals surface area contributed by atoms with Crippen molar-refractivity contribution in [3.63, 3.8) is 0 Å². The number of rotatable bonds is 7. The lowest BCUT2D eigenvalue weighted by atomic mass is 10.00. The highest BCUT2D eigenvalue weighted by atomic mass is 16.6. The van der Waals surface area contributed by atoms with Crippen LogP contribution in [0.1, 0.15) is 46.5 Å². The molecule has 102 valence electrons. The van der Waals surface area contributed by atoms with Crippen LogP contribution in [0.4, 0.5) is 0 Å². The molecule has 0 aromatic carbocycles. The molecule has 0 spiro atoms. The molecule has 1 fully saturated rings. The van der Waals surface area contributed by atoms with E-state index in [1.54, 1.807) is 13.8 Å². The van der Waals surface area contributed by atoms with Crippen LogP contribution in [-0.4, -0.2) is 25.2 Å². The molecule has 0 bridgehead atoms. The van der Waals surface area contributed by atoms with Crippen molar-refractivity contribution in [2.24, 2.45) is 5.92 Å². The van der Waals surface area contributed by atoms with Gasteiger partial charge in [0.1, 0.15) is 0 Å². The molecule has 0 saturated heterocycles. The highest BCUT2D eigenvalue weighted by Gasteiger charge is 2.29. The first kappa shape index (κ1) is 14.7. The van der Waals surface area contributed by atoms with E-state index in [2.05, 4.69) is 6.92 Å². The zero-order chi connectivity index (χ0) is 13.5. The normalized spacial score (nSPS) is 13.4. The van der Waals surface area contributed by atoms with Crippen molar-refractivity contribution in [3.8, 4) is 0 Å². The number of esters is 2. The summed E-state index contributed by atoms with van der Waals surface area (Å²) in [4.78, 5) is 23.4. The van der Waals surface area contributed by atoms with Crippen LogP contribution in [0.2, 0.25) is 0 Å². The van der Waals surface area contributed by atoms with Crippen molar-refractivity contribution in [1.29, 1.82) is 0 Å². The van der Waals surface area contributed by atoms with Crippen molar-refractivity contribution in [2.75, 3.05) is 13.2 Å². The fourth-order valence-corrected chi connectivity index (χ4v) is 1.84. The van der Waals surface area contributed by atoms with Crippen LogP contribution in [-0.2, 0) is 19.1 Å². The standard InChI is InChI=1S/C14H22O4/c1-4-17-13(15)12(14(16)18-5-2)9-6-10(3)11-7-8-11/h12H,4-9H2,1-3H3. The quantitative estimate of drug-likeness (QED) is 0.398. The van der Waals surface area contributed by atoms with E-state index in [4.69, 9.17) is 9.47 Å². The minimum atomic E-state index is -0.779. The van der Waals surface area contributed by atoms with Crippen molar-refractivity contribution in [3.05, 3.63) is 11.1 Å². The minimum absolute atomic E-state index is 0.287. The largest absolute Gasteiger partial charge is 0.465 e. The molecule has 0 N–H and O–H groups in total. The number of hydrogen-bond acceptors (Lipinski definition) is 4. The molecular formula is C14H22O4. The second-order valence-corrected chi connectivity index (χ2v) is 4.48. The summed E-state index contributed by atoms with van der Waals surface area (Å²) in [6.07, 6.45) is 3.56. The Kier molecular flexibility index (Phi) is 5.89. The molecule has 0 heterocycles. The van der Waals surface area contributed by atoms with Gasteiger partial charge in [-0.3, -0.25) is 9.59 Å². The third kappa shape index (κ3) is 4.51. The maximum absolute atomic E-state index is 11.7. The fourth-order valence-electron chi connectivity index (χ4n) is 1.84. The molecule has 18 heavy (non-hydrogen) atoms. The van der Waals surface area contributed by atoms with Crippen LogP contribution < -0.4 is 0 Å². The van der Waals surface area contributed by atoms with Gasteiger partial charge < -0.3 is 9.47 Å². The van der Waals surface area contributed by atoms with Crippen LogP contribution in [0.5, 0.6) is 0 Å².